The number of nitrogens with one attached hydrogen (secondary N) is 1. The summed E-state index contributed by atoms with van der Waals surface area (Å²) in [5.74, 6) is 0. The Hall–Kier alpha value is -1.16. The lowest BCUT2D eigenvalue weighted by Gasteiger charge is -2.05. The van der Waals surface area contributed by atoms with E-state index in [4.69, 9.17) is 5.73 Å². The zero-order chi connectivity index (χ0) is 9.68. The summed E-state index contributed by atoms with van der Waals surface area (Å²) in [5.41, 5.74) is 6.17. The van der Waals surface area contributed by atoms with E-state index >= 15 is 0 Å². The molecule has 0 spiro atoms. The average Bonchev–Trinajstić information content (AvgIpc) is 2.15. The van der Waals surface area contributed by atoms with Crippen molar-refractivity contribution >= 4 is 18.0 Å². The van der Waals surface area contributed by atoms with Crippen molar-refractivity contribution in [1.29, 1.82) is 0 Å². The summed E-state index contributed by atoms with van der Waals surface area (Å²) in [4.78, 5) is 11.5. The molecule has 0 saturated carbocycles. The fourth-order valence-electron chi connectivity index (χ4n) is 1.00. The zero-order valence-corrected chi connectivity index (χ0v) is 8.23. The molecule has 0 aliphatic carbocycles. The Labute approximate surface area is 81.8 Å². The van der Waals surface area contributed by atoms with Crippen molar-refractivity contribution in [3.8, 4) is 0 Å². The monoisotopic (exact) mass is 196 g/mol. The Kier molecular flexibility index (Phi) is 3.64. The highest BCUT2D eigenvalue weighted by Crippen LogP contribution is 2.19. The van der Waals surface area contributed by atoms with Gasteiger partial charge in [-0.2, -0.15) is 0 Å². The van der Waals surface area contributed by atoms with E-state index in [9.17, 15) is 4.79 Å². The third-order valence-electron chi connectivity index (χ3n) is 1.62. The van der Waals surface area contributed by atoms with Gasteiger partial charge in [0.25, 0.3) is 0 Å². The molecule has 1 aromatic rings. The average molecular weight is 196 g/mol. The van der Waals surface area contributed by atoms with Gasteiger partial charge in [0, 0.05) is 4.90 Å². The SMILES string of the molecule is CCc1ccccc1SNC(N)=O. The smallest absolute Gasteiger partial charge is 0.322 e. The lowest BCUT2D eigenvalue weighted by atomic mass is 10.2. The molecule has 0 aromatic heterocycles. The molecule has 13 heavy (non-hydrogen) atoms. The molecular formula is C9H12N2OS. The molecule has 0 heterocycles. The lowest BCUT2D eigenvalue weighted by molar-refractivity contribution is 0.254. The van der Waals surface area contributed by atoms with Crippen molar-refractivity contribution in [2.24, 2.45) is 5.73 Å². The van der Waals surface area contributed by atoms with Crippen LogP contribution < -0.4 is 10.5 Å². The molecule has 2 amide bonds. The first-order valence-electron chi connectivity index (χ1n) is 4.04. The summed E-state index contributed by atoms with van der Waals surface area (Å²) in [6.07, 6.45) is 0.948. The van der Waals surface area contributed by atoms with Gasteiger partial charge >= 0.3 is 6.03 Å². The van der Waals surface area contributed by atoms with Gasteiger partial charge in [0.2, 0.25) is 0 Å². The quantitative estimate of drug-likeness (QED) is 0.726. The summed E-state index contributed by atoms with van der Waals surface area (Å²) in [6.45, 7) is 2.07. The van der Waals surface area contributed by atoms with E-state index in [-0.39, 0.29) is 0 Å². The number of carbonyl (C=O) groups is 1. The number of rotatable bonds is 3. The van der Waals surface area contributed by atoms with Gasteiger partial charge in [-0.05, 0) is 30.0 Å². The van der Waals surface area contributed by atoms with Gasteiger partial charge in [-0.3, -0.25) is 4.72 Å². The Morgan fingerprint density at radius 3 is 2.85 bits per heavy atom. The van der Waals surface area contributed by atoms with Crippen LogP contribution in [0.2, 0.25) is 0 Å². The normalized spacial score (nSPS) is 9.62. The molecule has 3 nitrogen and oxygen atoms in total. The fraction of sp³-hybridized carbons (Fsp3) is 0.222. The van der Waals surface area contributed by atoms with Crippen molar-refractivity contribution in [2.45, 2.75) is 18.2 Å². The van der Waals surface area contributed by atoms with Crippen LogP contribution in [0.1, 0.15) is 12.5 Å². The van der Waals surface area contributed by atoms with Gasteiger partial charge in [-0.1, -0.05) is 25.1 Å². The number of urea groups is 1. The van der Waals surface area contributed by atoms with Crippen molar-refractivity contribution in [2.75, 3.05) is 0 Å². The summed E-state index contributed by atoms with van der Waals surface area (Å²) >= 11 is 1.26. The number of hydrogen-bond acceptors (Lipinski definition) is 2. The Morgan fingerprint density at radius 1 is 1.54 bits per heavy atom. The third kappa shape index (κ3) is 2.99. The largest absolute Gasteiger partial charge is 0.351 e. The van der Waals surface area contributed by atoms with Gasteiger partial charge in [0.15, 0.2) is 0 Å². The molecule has 0 radical (unpaired) electrons. The molecule has 4 heteroatoms. The molecule has 1 aromatic carbocycles. The molecule has 1 rings (SSSR count). The minimum atomic E-state index is -0.518. The first-order valence-corrected chi connectivity index (χ1v) is 4.86. The highest BCUT2D eigenvalue weighted by Gasteiger charge is 2.00. The van der Waals surface area contributed by atoms with Crippen LogP contribution in [-0.2, 0) is 6.42 Å². The molecule has 3 N–H and O–H groups in total. The van der Waals surface area contributed by atoms with Crippen LogP contribution in [0, 0.1) is 0 Å². The number of primary amides is 1. The van der Waals surface area contributed by atoms with Crippen molar-refractivity contribution < 1.29 is 4.79 Å². The summed E-state index contributed by atoms with van der Waals surface area (Å²) in [5, 5.41) is 0. The maximum atomic E-state index is 10.5. The standard InChI is InChI=1S/C9H12N2OS/c1-2-7-5-3-4-6-8(7)13-11-9(10)12/h3-6H,2H2,1H3,(H3,10,11,12). The first kappa shape index (κ1) is 9.92. The lowest BCUT2D eigenvalue weighted by Crippen LogP contribution is -2.22. The topological polar surface area (TPSA) is 55.1 Å². The van der Waals surface area contributed by atoms with Crippen LogP contribution in [0.25, 0.3) is 0 Å². The van der Waals surface area contributed by atoms with Gasteiger partial charge < -0.3 is 5.73 Å². The van der Waals surface area contributed by atoms with Gasteiger partial charge in [-0.25, -0.2) is 4.79 Å². The van der Waals surface area contributed by atoms with Crippen LogP contribution in [0.3, 0.4) is 0 Å². The van der Waals surface area contributed by atoms with E-state index in [0.717, 1.165) is 11.3 Å². The second kappa shape index (κ2) is 4.77. The maximum Gasteiger partial charge on any atom is 0.322 e. The van der Waals surface area contributed by atoms with Crippen LogP contribution in [-0.4, -0.2) is 6.03 Å². The van der Waals surface area contributed by atoms with E-state index in [1.54, 1.807) is 0 Å². The van der Waals surface area contributed by atoms with Crippen LogP contribution in [0.15, 0.2) is 29.2 Å². The van der Waals surface area contributed by atoms with Crippen molar-refractivity contribution in [1.82, 2.24) is 4.72 Å². The van der Waals surface area contributed by atoms with Crippen LogP contribution >= 0.6 is 11.9 Å². The number of amides is 2. The fourth-order valence-corrected chi connectivity index (χ4v) is 1.70. The van der Waals surface area contributed by atoms with Crippen LogP contribution in [0.4, 0.5) is 4.79 Å². The summed E-state index contributed by atoms with van der Waals surface area (Å²) in [7, 11) is 0. The Morgan fingerprint density at radius 2 is 2.23 bits per heavy atom. The predicted molar refractivity (Wildman–Crippen MR) is 54.4 cm³/mol. The third-order valence-corrected chi connectivity index (χ3v) is 2.54. The number of carbonyl (C=O) groups excluding carboxylic acids is 1. The second-order valence-electron chi connectivity index (χ2n) is 2.53. The first-order chi connectivity index (χ1) is 6.24. The van der Waals surface area contributed by atoms with Gasteiger partial charge in [0.1, 0.15) is 0 Å². The molecular weight excluding hydrogens is 184 g/mol. The number of nitrogens with two attached hydrogens (primary N) is 1. The van der Waals surface area contributed by atoms with E-state index in [1.807, 2.05) is 24.3 Å². The number of aryl methyl sites for hydroxylation is 1. The van der Waals surface area contributed by atoms with E-state index in [0.29, 0.717) is 0 Å². The maximum absolute atomic E-state index is 10.5. The molecule has 0 bridgehead atoms. The Balaban J connectivity index is 2.69. The van der Waals surface area contributed by atoms with Gasteiger partial charge in [-0.15, -0.1) is 0 Å². The summed E-state index contributed by atoms with van der Waals surface area (Å²) < 4.78 is 2.49. The highest BCUT2D eigenvalue weighted by molar-refractivity contribution is 7.98. The zero-order valence-electron chi connectivity index (χ0n) is 7.41. The van der Waals surface area contributed by atoms with Crippen LogP contribution in [0.5, 0.6) is 0 Å². The van der Waals surface area contributed by atoms with E-state index in [2.05, 4.69) is 11.6 Å². The summed E-state index contributed by atoms with van der Waals surface area (Å²) in [6, 6.07) is 7.39. The minimum Gasteiger partial charge on any atom is -0.351 e. The highest BCUT2D eigenvalue weighted by atomic mass is 32.2. The molecule has 0 atom stereocenters. The number of benzene rings is 1. The van der Waals surface area contributed by atoms with Gasteiger partial charge in [0.05, 0.1) is 0 Å². The number of hydrogen-bond donors (Lipinski definition) is 2. The van der Waals surface area contributed by atoms with E-state index in [1.165, 1.54) is 17.5 Å². The Bertz CT molecular complexity index is 301. The predicted octanol–water partition coefficient (Wildman–Crippen LogP) is 1.92. The molecule has 0 aliphatic rings. The van der Waals surface area contributed by atoms with Crippen molar-refractivity contribution in [3.05, 3.63) is 29.8 Å². The second-order valence-corrected chi connectivity index (χ2v) is 3.38. The molecule has 0 aliphatic heterocycles. The molecule has 0 unspecified atom stereocenters. The molecule has 0 saturated heterocycles. The minimum absolute atomic E-state index is 0.518. The van der Waals surface area contributed by atoms with Crippen molar-refractivity contribution in [3.63, 3.8) is 0 Å². The van der Waals surface area contributed by atoms with E-state index < -0.39 is 6.03 Å². The molecule has 0 fully saturated rings. The molecule has 70 valence electrons.